The minimum absolute atomic E-state index is 0.306. The Labute approximate surface area is 146 Å². The van der Waals surface area contributed by atoms with E-state index in [0.29, 0.717) is 23.7 Å². The molecular formula is C20H20N2O3. The number of hydrogen-bond donors (Lipinski definition) is 2. The number of benzene rings is 3. The number of hydrogen-bond acceptors (Lipinski definition) is 3. The number of nitrogens with one attached hydrogen (secondary N) is 2. The fourth-order valence-corrected chi connectivity index (χ4v) is 2.70. The molecule has 128 valence electrons. The molecule has 3 aromatic rings. The van der Waals surface area contributed by atoms with Crippen LogP contribution in [-0.4, -0.2) is 20.3 Å². The summed E-state index contributed by atoms with van der Waals surface area (Å²) in [5.41, 5.74) is 1.61. The van der Waals surface area contributed by atoms with Crippen LogP contribution in [0, 0.1) is 0 Å². The molecule has 0 heterocycles. The van der Waals surface area contributed by atoms with Gasteiger partial charge in [-0.05, 0) is 28.5 Å². The van der Waals surface area contributed by atoms with E-state index >= 15 is 0 Å². The van der Waals surface area contributed by atoms with Crippen LogP contribution in [0.15, 0.2) is 60.7 Å². The van der Waals surface area contributed by atoms with Crippen LogP contribution in [0.25, 0.3) is 10.8 Å². The lowest BCUT2D eigenvalue weighted by Crippen LogP contribution is -2.28. The maximum atomic E-state index is 12.3. The van der Waals surface area contributed by atoms with Gasteiger partial charge < -0.3 is 20.1 Å². The number of ether oxygens (including phenoxy) is 2. The van der Waals surface area contributed by atoms with Gasteiger partial charge in [-0.15, -0.1) is 0 Å². The normalized spacial score (nSPS) is 10.3. The van der Waals surface area contributed by atoms with Gasteiger partial charge in [0.15, 0.2) is 0 Å². The molecule has 0 atom stereocenters. The predicted octanol–water partition coefficient (Wildman–Crippen LogP) is 4.18. The van der Waals surface area contributed by atoms with Gasteiger partial charge in [0.1, 0.15) is 11.5 Å². The summed E-state index contributed by atoms with van der Waals surface area (Å²) >= 11 is 0. The van der Waals surface area contributed by atoms with Gasteiger partial charge >= 0.3 is 6.03 Å². The van der Waals surface area contributed by atoms with Crippen LogP contribution >= 0.6 is 0 Å². The summed E-state index contributed by atoms with van der Waals surface area (Å²) in [5, 5.41) is 7.96. The summed E-state index contributed by atoms with van der Waals surface area (Å²) in [6.45, 7) is 0.430. The van der Waals surface area contributed by atoms with Crippen molar-refractivity contribution in [3.8, 4) is 11.5 Å². The Morgan fingerprint density at radius 3 is 2.56 bits per heavy atom. The summed E-state index contributed by atoms with van der Waals surface area (Å²) in [6.07, 6.45) is 0. The summed E-state index contributed by atoms with van der Waals surface area (Å²) in [4.78, 5) is 12.3. The summed E-state index contributed by atoms with van der Waals surface area (Å²) in [6, 6.07) is 19.1. The molecule has 0 saturated heterocycles. The lowest BCUT2D eigenvalue weighted by atomic mass is 10.0. The van der Waals surface area contributed by atoms with Crippen LogP contribution in [0.3, 0.4) is 0 Å². The molecule has 0 aliphatic heterocycles. The SMILES string of the molecule is COc1ccc(OC)c(NC(=O)NCc2cccc3ccccc23)c1. The largest absolute Gasteiger partial charge is 0.497 e. The van der Waals surface area contributed by atoms with Crippen LogP contribution < -0.4 is 20.1 Å². The Balaban J connectivity index is 1.71. The monoisotopic (exact) mass is 336 g/mol. The fourth-order valence-electron chi connectivity index (χ4n) is 2.70. The third-order valence-electron chi connectivity index (χ3n) is 3.97. The summed E-state index contributed by atoms with van der Waals surface area (Å²) in [7, 11) is 3.13. The molecule has 2 N–H and O–H groups in total. The van der Waals surface area contributed by atoms with Crippen molar-refractivity contribution in [1.82, 2.24) is 5.32 Å². The van der Waals surface area contributed by atoms with Gasteiger partial charge in [0.2, 0.25) is 0 Å². The molecule has 0 saturated carbocycles. The Hall–Kier alpha value is -3.21. The Kier molecular flexibility index (Phi) is 5.04. The highest BCUT2D eigenvalue weighted by molar-refractivity contribution is 5.92. The average Bonchev–Trinajstić information content (AvgIpc) is 2.66. The van der Waals surface area contributed by atoms with Crippen molar-refractivity contribution in [2.75, 3.05) is 19.5 Å². The van der Waals surface area contributed by atoms with Crippen LogP contribution in [-0.2, 0) is 6.54 Å². The lowest BCUT2D eigenvalue weighted by Gasteiger charge is -2.13. The first-order valence-electron chi connectivity index (χ1n) is 7.95. The molecule has 3 rings (SSSR count). The summed E-state index contributed by atoms with van der Waals surface area (Å²) < 4.78 is 10.5. The third kappa shape index (κ3) is 3.83. The van der Waals surface area contributed by atoms with Gasteiger partial charge in [-0.1, -0.05) is 42.5 Å². The van der Waals surface area contributed by atoms with Crippen LogP contribution in [0.5, 0.6) is 11.5 Å². The van der Waals surface area contributed by atoms with Gasteiger partial charge in [0.05, 0.1) is 19.9 Å². The smallest absolute Gasteiger partial charge is 0.319 e. The van der Waals surface area contributed by atoms with Gasteiger partial charge in [-0.25, -0.2) is 4.79 Å². The second kappa shape index (κ2) is 7.57. The minimum atomic E-state index is -0.306. The fraction of sp³-hybridized carbons (Fsp3) is 0.150. The first kappa shape index (κ1) is 16.6. The predicted molar refractivity (Wildman–Crippen MR) is 99.4 cm³/mol. The number of rotatable bonds is 5. The Morgan fingerprint density at radius 2 is 1.76 bits per heavy atom. The van der Waals surface area contributed by atoms with E-state index in [-0.39, 0.29) is 6.03 Å². The Morgan fingerprint density at radius 1 is 0.960 bits per heavy atom. The lowest BCUT2D eigenvalue weighted by molar-refractivity contribution is 0.251. The first-order chi connectivity index (χ1) is 12.2. The quantitative estimate of drug-likeness (QED) is 0.735. The molecule has 3 aromatic carbocycles. The minimum Gasteiger partial charge on any atom is -0.497 e. The molecule has 0 aliphatic carbocycles. The molecule has 5 heteroatoms. The molecule has 0 radical (unpaired) electrons. The zero-order valence-corrected chi connectivity index (χ0v) is 14.2. The average molecular weight is 336 g/mol. The van der Waals surface area contributed by atoms with E-state index in [1.807, 2.05) is 24.3 Å². The van der Waals surface area contributed by atoms with E-state index in [2.05, 4.69) is 28.8 Å². The number of methoxy groups -OCH3 is 2. The zero-order valence-electron chi connectivity index (χ0n) is 14.2. The first-order valence-corrected chi connectivity index (χ1v) is 7.95. The molecule has 0 aliphatic rings. The highest BCUT2D eigenvalue weighted by Gasteiger charge is 2.09. The zero-order chi connectivity index (χ0) is 17.6. The van der Waals surface area contributed by atoms with E-state index in [1.54, 1.807) is 32.4 Å². The number of amides is 2. The van der Waals surface area contributed by atoms with Crippen LogP contribution in [0.1, 0.15) is 5.56 Å². The second-order valence-corrected chi connectivity index (χ2v) is 5.51. The van der Waals surface area contributed by atoms with Gasteiger partial charge in [-0.2, -0.15) is 0 Å². The molecule has 0 bridgehead atoms. The topological polar surface area (TPSA) is 59.6 Å². The van der Waals surface area contributed by atoms with E-state index in [1.165, 1.54) is 0 Å². The number of anilines is 1. The number of fused-ring (bicyclic) bond motifs is 1. The Bertz CT molecular complexity index is 888. The highest BCUT2D eigenvalue weighted by Crippen LogP contribution is 2.28. The van der Waals surface area contributed by atoms with Crippen molar-refractivity contribution < 1.29 is 14.3 Å². The van der Waals surface area contributed by atoms with E-state index in [4.69, 9.17) is 9.47 Å². The molecule has 0 unspecified atom stereocenters. The van der Waals surface area contributed by atoms with E-state index < -0.39 is 0 Å². The van der Waals surface area contributed by atoms with Crippen molar-refractivity contribution >= 4 is 22.5 Å². The van der Waals surface area contributed by atoms with Gasteiger partial charge in [-0.3, -0.25) is 0 Å². The van der Waals surface area contributed by atoms with Crippen LogP contribution in [0.4, 0.5) is 10.5 Å². The van der Waals surface area contributed by atoms with E-state index in [0.717, 1.165) is 16.3 Å². The maximum absolute atomic E-state index is 12.3. The molecule has 0 fully saturated rings. The van der Waals surface area contributed by atoms with Gasteiger partial charge in [0, 0.05) is 12.6 Å². The number of carbonyl (C=O) groups excluding carboxylic acids is 1. The van der Waals surface area contributed by atoms with Gasteiger partial charge in [0.25, 0.3) is 0 Å². The molecular weight excluding hydrogens is 316 g/mol. The standard InChI is InChI=1S/C20H20N2O3/c1-24-16-10-11-19(25-2)18(12-16)22-20(23)21-13-15-8-5-7-14-6-3-4-9-17(14)15/h3-12H,13H2,1-2H3,(H2,21,22,23). The van der Waals surface area contributed by atoms with E-state index in [9.17, 15) is 4.79 Å². The van der Waals surface area contributed by atoms with Crippen molar-refractivity contribution in [3.05, 3.63) is 66.2 Å². The molecule has 2 amide bonds. The molecule has 0 aromatic heterocycles. The third-order valence-corrected chi connectivity index (χ3v) is 3.97. The molecule has 0 spiro atoms. The van der Waals surface area contributed by atoms with Crippen molar-refractivity contribution in [2.45, 2.75) is 6.54 Å². The van der Waals surface area contributed by atoms with Crippen molar-refractivity contribution in [2.24, 2.45) is 0 Å². The number of urea groups is 1. The number of carbonyl (C=O) groups is 1. The summed E-state index contributed by atoms with van der Waals surface area (Å²) in [5.74, 6) is 1.21. The molecule has 25 heavy (non-hydrogen) atoms. The maximum Gasteiger partial charge on any atom is 0.319 e. The highest BCUT2D eigenvalue weighted by atomic mass is 16.5. The van der Waals surface area contributed by atoms with Crippen molar-refractivity contribution in [1.29, 1.82) is 0 Å². The molecule has 5 nitrogen and oxygen atoms in total. The van der Waals surface area contributed by atoms with Crippen molar-refractivity contribution in [3.63, 3.8) is 0 Å². The van der Waals surface area contributed by atoms with Crippen LogP contribution in [0.2, 0.25) is 0 Å². The second-order valence-electron chi connectivity index (χ2n) is 5.51.